The van der Waals surface area contributed by atoms with Gasteiger partial charge in [-0.25, -0.2) is 0 Å². The average Bonchev–Trinajstić information content (AvgIpc) is 3.34. The molecule has 1 amide bonds. The minimum atomic E-state index is 0.0176. The Morgan fingerprint density at radius 1 is 1.06 bits per heavy atom. The van der Waals surface area contributed by atoms with Gasteiger partial charge < -0.3 is 10.2 Å². The number of hydrogen-bond donors (Lipinski definition) is 1. The third-order valence-electron chi connectivity index (χ3n) is 7.23. The number of nitrogens with one attached hydrogen (secondary N) is 1. The van der Waals surface area contributed by atoms with Crippen LogP contribution in [0, 0.1) is 5.92 Å². The van der Waals surface area contributed by atoms with Crippen molar-refractivity contribution in [1.29, 1.82) is 0 Å². The predicted octanol–water partition coefficient (Wildman–Crippen LogP) is 3.74. The first-order chi connectivity index (χ1) is 16.2. The third kappa shape index (κ3) is 5.00. The molecule has 8 heteroatoms. The standard InChI is InChI=1S/C25H33N7O/c1-30(21-8-3-2-4-9-21)17-20-7-5-6-10-22(20)27-25(33)19-13-15-31(16-14-19)24-12-11-23-28-26-18-32(23)29-24/h5-7,10-12,18-19,21H,2-4,8-9,13-17H2,1H3,(H,27,33). The van der Waals surface area contributed by atoms with Gasteiger partial charge in [-0.3, -0.25) is 9.69 Å². The Morgan fingerprint density at radius 3 is 2.67 bits per heavy atom. The van der Waals surface area contributed by atoms with E-state index in [4.69, 9.17) is 0 Å². The molecule has 1 saturated carbocycles. The summed E-state index contributed by atoms with van der Waals surface area (Å²) in [5, 5.41) is 15.7. The lowest BCUT2D eigenvalue weighted by Gasteiger charge is -2.33. The number of rotatable bonds is 6. The fourth-order valence-electron chi connectivity index (χ4n) is 5.19. The lowest BCUT2D eigenvalue weighted by Crippen LogP contribution is -2.39. The number of aromatic nitrogens is 4. The number of piperidine rings is 1. The molecule has 1 aliphatic heterocycles. The number of carbonyl (C=O) groups excluding carboxylic acids is 1. The van der Waals surface area contributed by atoms with Crippen molar-refractivity contribution >= 4 is 23.1 Å². The van der Waals surface area contributed by atoms with E-state index in [1.165, 1.54) is 37.7 Å². The highest BCUT2D eigenvalue weighted by molar-refractivity contribution is 5.93. The minimum absolute atomic E-state index is 0.0176. The van der Waals surface area contributed by atoms with Crippen LogP contribution in [0.15, 0.2) is 42.7 Å². The van der Waals surface area contributed by atoms with Crippen molar-refractivity contribution in [1.82, 2.24) is 24.7 Å². The quantitative estimate of drug-likeness (QED) is 0.620. The van der Waals surface area contributed by atoms with Crippen molar-refractivity contribution < 1.29 is 4.79 Å². The van der Waals surface area contributed by atoms with E-state index >= 15 is 0 Å². The summed E-state index contributed by atoms with van der Waals surface area (Å²) in [4.78, 5) is 17.8. The number of para-hydroxylation sites is 1. The molecule has 3 aromatic rings. The summed E-state index contributed by atoms with van der Waals surface area (Å²) >= 11 is 0. The Balaban J connectivity index is 1.18. The number of amides is 1. The summed E-state index contributed by atoms with van der Waals surface area (Å²) in [5.74, 6) is 1.05. The molecule has 2 fully saturated rings. The molecule has 8 nitrogen and oxygen atoms in total. The summed E-state index contributed by atoms with van der Waals surface area (Å²) in [6.07, 6.45) is 9.83. The molecule has 0 radical (unpaired) electrons. The van der Waals surface area contributed by atoms with Gasteiger partial charge in [-0.2, -0.15) is 4.52 Å². The Kier molecular flexibility index (Phi) is 6.53. The van der Waals surface area contributed by atoms with Gasteiger partial charge in [0, 0.05) is 37.3 Å². The molecule has 0 spiro atoms. The van der Waals surface area contributed by atoms with Gasteiger partial charge >= 0.3 is 0 Å². The van der Waals surface area contributed by atoms with Gasteiger partial charge in [-0.15, -0.1) is 15.3 Å². The van der Waals surface area contributed by atoms with Gasteiger partial charge in [0.15, 0.2) is 5.65 Å². The Bertz CT molecular complexity index is 1080. The topological polar surface area (TPSA) is 78.7 Å². The highest BCUT2D eigenvalue weighted by Gasteiger charge is 2.27. The smallest absolute Gasteiger partial charge is 0.227 e. The first-order valence-electron chi connectivity index (χ1n) is 12.2. The van der Waals surface area contributed by atoms with E-state index in [1.807, 2.05) is 24.3 Å². The Hall–Kier alpha value is -3.00. The first-order valence-corrected chi connectivity index (χ1v) is 12.2. The van der Waals surface area contributed by atoms with Crippen LogP contribution in [0.1, 0.15) is 50.5 Å². The summed E-state index contributed by atoms with van der Waals surface area (Å²) in [7, 11) is 2.22. The van der Waals surface area contributed by atoms with Crippen LogP contribution in [0.5, 0.6) is 0 Å². The van der Waals surface area contributed by atoms with Crippen LogP contribution >= 0.6 is 0 Å². The van der Waals surface area contributed by atoms with Crippen LogP contribution in [0.2, 0.25) is 0 Å². The molecule has 5 rings (SSSR count). The molecule has 0 unspecified atom stereocenters. The summed E-state index contributed by atoms with van der Waals surface area (Å²) in [5.41, 5.74) is 2.89. The van der Waals surface area contributed by atoms with E-state index in [0.29, 0.717) is 6.04 Å². The fourth-order valence-corrected chi connectivity index (χ4v) is 5.19. The molecule has 33 heavy (non-hydrogen) atoms. The predicted molar refractivity (Wildman–Crippen MR) is 129 cm³/mol. The van der Waals surface area contributed by atoms with Crippen molar-refractivity contribution in [2.75, 3.05) is 30.4 Å². The second-order valence-electron chi connectivity index (χ2n) is 9.44. The number of nitrogens with zero attached hydrogens (tertiary/aromatic N) is 6. The van der Waals surface area contributed by atoms with E-state index in [1.54, 1.807) is 10.8 Å². The van der Waals surface area contributed by atoms with Crippen molar-refractivity contribution in [2.24, 2.45) is 5.92 Å². The van der Waals surface area contributed by atoms with Crippen LogP contribution in [-0.4, -0.2) is 56.8 Å². The van der Waals surface area contributed by atoms with E-state index < -0.39 is 0 Å². The molecule has 1 aromatic carbocycles. The van der Waals surface area contributed by atoms with E-state index in [-0.39, 0.29) is 11.8 Å². The van der Waals surface area contributed by atoms with Gasteiger partial charge in [-0.1, -0.05) is 37.5 Å². The molecule has 2 aliphatic rings. The van der Waals surface area contributed by atoms with Crippen molar-refractivity contribution in [3.63, 3.8) is 0 Å². The van der Waals surface area contributed by atoms with Crippen LogP contribution < -0.4 is 10.2 Å². The molecule has 0 bridgehead atoms. The van der Waals surface area contributed by atoms with Crippen molar-refractivity contribution in [2.45, 2.75) is 57.5 Å². The fraction of sp³-hybridized carbons (Fsp3) is 0.520. The number of hydrogen-bond acceptors (Lipinski definition) is 6. The van der Waals surface area contributed by atoms with Crippen molar-refractivity contribution in [3.8, 4) is 0 Å². The molecule has 0 atom stereocenters. The molecule has 3 heterocycles. The minimum Gasteiger partial charge on any atom is -0.355 e. The highest BCUT2D eigenvalue weighted by Crippen LogP contribution is 2.27. The molecule has 1 saturated heterocycles. The van der Waals surface area contributed by atoms with Crippen LogP contribution in [-0.2, 0) is 11.3 Å². The largest absolute Gasteiger partial charge is 0.355 e. The average molecular weight is 448 g/mol. The summed E-state index contributed by atoms with van der Waals surface area (Å²) in [6.45, 7) is 2.49. The zero-order valence-corrected chi connectivity index (χ0v) is 19.4. The van der Waals surface area contributed by atoms with E-state index in [2.05, 4.69) is 49.6 Å². The van der Waals surface area contributed by atoms with Gasteiger partial charge in [0.05, 0.1) is 0 Å². The number of anilines is 2. The maximum Gasteiger partial charge on any atom is 0.227 e. The first kappa shape index (κ1) is 21.8. The van der Waals surface area contributed by atoms with Crippen LogP contribution in [0.25, 0.3) is 5.65 Å². The second-order valence-corrected chi connectivity index (χ2v) is 9.44. The third-order valence-corrected chi connectivity index (χ3v) is 7.23. The van der Waals surface area contributed by atoms with Crippen molar-refractivity contribution in [3.05, 3.63) is 48.3 Å². The monoisotopic (exact) mass is 447 g/mol. The Morgan fingerprint density at radius 2 is 1.85 bits per heavy atom. The summed E-state index contributed by atoms with van der Waals surface area (Å²) in [6, 6.07) is 12.8. The molecule has 174 valence electrons. The lowest BCUT2D eigenvalue weighted by atomic mass is 9.94. The van der Waals surface area contributed by atoms with Crippen LogP contribution in [0.3, 0.4) is 0 Å². The van der Waals surface area contributed by atoms with Gasteiger partial charge in [0.2, 0.25) is 5.91 Å². The number of benzene rings is 1. The summed E-state index contributed by atoms with van der Waals surface area (Å²) < 4.78 is 1.69. The van der Waals surface area contributed by atoms with E-state index in [0.717, 1.165) is 49.6 Å². The highest BCUT2D eigenvalue weighted by atomic mass is 16.1. The zero-order chi connectivity index (χ0) is 22.6. The normalized spacial score (nSPS) is 18.2. The zero-order valence-electron chi connectivity index (χ0n) is 19.4. The molecular weight excluding hydrogens is 414 g/mol. The number of carbonyl (C=O) groups is 1. The number of fused-ring (bicyclic) bond motifs is 1. The Labute approximate surface area is 195 Å². The van der Waals surface area contributed by atoms with Gasteiger partial charge in [0.1, 0.15) is 12.1 Å². The molecule has 1 N–H and O–H groups in total. The molecule has 2 aromatic heterocycles. The maximum atomic E-state index is 13.1. The van der Waals surface area contributed by atoms with Crippen LogP contribution in [0.4, 0.5) is 11.5 Å². The van der Waals surface area contributed by atoms with Gasteiger partial charge in [0.25, 0.3) is 0 Å². The molecule has 1 aliphatic carbocycles. The van der Waals surface area contributed by atoms with E-state index in [9.17, 15) is 4.79 Å². The maximum absolute atomic E-state index is 13.1. The second kappa shape index (κ2) is 9.87. The lowest BCUT2D eigenvalue weighted by molar-refractivity contribution is -0.120. The van der Waals surface area contributed by atoms with Gasteiger partial charge in [-0.05, 0) is 56.5 Å². The SMILES string of the molecule is CN(Cc1ccccc1NC(=O)C1CCN(c2ccc3nncn3n2)CC1)C1CCCCC1. The molecular formula is C25H33N7O.